The number of hydrogen-bond acceptors (Lipinski definition) is 8. The van der Waals surface area contributed by atoms with Gasteiger partial charge in [0, 0.05) is 31.0 Å². The molecule has 2 aromatic carbocycles. The summed E-state index contributed by atoms with van der Waals surface area (Å²) in [7, 11) is 0. The number of nitrogens with zero attached hydrogens (tertiary/aromatic N) is 2. The summed E-state index contributed by atoms with van der Waals surface area (Å²) in [5, 5.41) is 12.9. The third kappa shape index (κ3) is 6.51. The van der Waals surface area contributed by atoms with Crippen LogP contribution in [0.4, 0.5) is 21.0 Å². The van der Waals surface area contributed by atoms with Crippen molar-refractivity contribution in [1.29, 1.82) is 0 Å². The van der Waals surface area contributed by atoms with Gasteiger partial charge in [0.05, 0.1) is 11.4 Å². The highest BCUT2D eigenvalue weighted by Gasteiger charge is 2.19. The van der Waals surface area contributed by atoms with Gasteiger partial charge in [0.1, 0.15) is 0 Å². The maximum absolute atomic E-state index is 11.9. The smallest absolute Gasteiger partial charge is 0.298 e. The van der Waals surface area contributed by atoms with Crippen LogP contribution in [-0.2, 0) is 9.68 Å². The second-order valence-electron chi connectivity index (χ2n) is 6.89. The van der Waals surface area contributed by atoms with Gasteiger partial charge in [0.15, 0.2) is 0 Å². The lowest BCUT2D eigenvalue weighted by Crippen LogP contribution is -2.12. The first-order valence-corrected chi connectivity index (χ1v) is 11.7. The molecule has 0 bridgehead atoms. The lowest BCUT2D eigenvalue weighted by atomic mass is 10.3. The summed E-state index contributed by atoms with van der Waals surface area (Å²) in [6, 6.07) is 11.3. The quantitative estimate of drug-likeness (QED) is 0.228. The van der Waals surface area contributed by atoms with Crippen LogP contribution in [0.25, 0.3) is 0 Å². The Kier molecular flexibility index (Phi) is 8.18. The number of carbonyl (C=O) groups is 2. The minimum atomic E-state index is -0.632. The van der Waals surface area contributed by atoms with Gasteiger partial charge < -0.3 is 0 Å². The molecule has 0 atom stereocenters. The van der Waals surface area contributed by atoms with Gasteiger partial charge in [-0.25, -0.2) is 9.59 Å². The van der Waals surface area contributed by atoms with Crippen molar-refractivity contribution in [1.82, 2.24) is 0 Å². The average molecular weight is 473 g/mol. The van der Waals surface area contributed by atoms with Gasteiger partial charge >= 0.3 is 12.2 Å². The Hall–Kier alpha value is -2.98. The van der Waals surface area contributed by atoms with E-state index in [1.165, 1.54) is 0 Å². The summed E-state index contributed by atoms with van der Waals surface area (Å²) < 4.78 is 0. The van der Waals surface area contributed by atoms with E-state index in [0.29, 0.717) is 24.2 Å². The van der Waals surface area contributed by atoms with Crippen molar-refractivity contribution in [3.05, 3.63) is 36.4 Å². The number of carbonyl (C=O) groups excluding carboxylic acids is 2. The molecule has 2 amide bonds. The summed E-state index contributed by atoms with van der Waals surface area (Å²) >= 11 is 3.17. The van der Waals surface area contributed by atoms with E-state index in [1.807, 2.05) is 50.2 Å². The highest BCUT2D eigenvalue weighted by molar-refractivity contribution is 8.05. The van der Waals surface area contributed by atoms with Gasteiger partial charge in [-0.15, -0.1) is 0 Å². The molecule has 32 heavy (non-hydrogen) atoms. The van der Waals surface area contributed by atoms with Gasteiger partial charge in [0.25, 0.3) is 0 Å². The van der Waals surface area contributed by atoms with E-state index in [0.717, 1.165) is 31.0 Å². The van der Waals surface area contributed by atoms with Crippen LogP contribution in [0.2, 0.25) is 0 Å². The summed E-state index contributed by atoms with van der Waals surface area (Å²) in [5.74, 6) is 0. The first-order chi connectivity index (χ1) is 15.4. The third-order valence-corrected chi connectivity index (χ3v) is 6.94. The van der Waals surface area contributed by atoms with E-state index in [1.54, 1.807) is 37.4 Å². The molecule has 2 aromatic rings. The second-order valence-corrected chi connectivity index (χ2v) is 9.06. The molecule has 1 heterocycles. The van der Waals surface area contributed by atoms with Crippen molar-refractivity contribution >= 4 is 58.5 Å². The molecule has 2 N–H and O–H groups in total. The molecule has 168 valence electrons. The molecular formula is C22H24N4O4S2. The molecule has 0 unspecified atom stereocenters. The SMILES string of the molecule is CC/C(C)=N\OC(=O)Nc1ccc2c(c1)Sc1ccc(NC(=O)O/N=C(/C)CC)cc1S2. The fourth-order valence-electron chi connectivity index (χ4n) is 2.39. The first kappa shape index (κ1) is 23.7. The molecule has 0 aromatic heterocycles. The second kappa shape index (κ2) is 11.1. The molecule has 8 nitrogen and oxygen atoms in total. The number of oxime groups is 2. The molecular weight excluding hydrogens is 448 g/mol. The van der Waals surface area contributed by atoms with Crippen molar-refractivity contribution in [3.8, 4) is 0 Å². The van der Waals surface area contributed by atoms with E-state index < -0.39 is 12.2 Å². The Bertz CT molecular complexity index is 1000. The summed E-state index contributed by atoms with van der Waals surface area (Å²) in [4.78, 5) is 37.7. The van der Waals surface area contributed by atoms with Crippen molar-refractivity contribution in [2.45, 2.75) is 60.1 Å². The lowest BCUT2D eigenvalue weighted by Gasteiger charge is -2.19. The highest BCUT2D eigenvalue weighted by Crippen LogP contribution is 2.49. The maximum atomic E-state index is 11.9. The topological polar surface area (TPSA) is 101 Å². The summed E-state index contributed by atoms with van der Waals surface area (Å²) in [5.41, 5.74) is 2.72. The zero-order valence-electron chi connectivity index (χ0n) is 18.2. The molecule has 0 fully saturated rings. The largest absolute Gasteiger partial charge is 0.437 e. The fourth-order valence-corrected chi connectivity index (χ4v) is 4.66. The van der Waals surface area contributed by atoms with Crippen LogP contribution >= 0.6 is 23.5 Å². The normalized spacial score (nSPS) is 13.0. The Balaban J connectivity index is 1.65. The van der Waals surface area contributed by atoms with Crippen LogP contribution < -0.4 is 10.6 Å². The van der Waals surface area contributed by atoms with Gasteiger partial charge in [-0.2, -0.15) is 0 Å². The van der Waals surface area contributed by atoms with Crippen molar-refractivity contribution in [2.24, 2.45) is 10.3 Å². The minimum absolute atomic E-state index is 0.624. The van der Waals surface area contributed by atoms with Crippen molar-refractivity contribution in [2.75, 3.05) is 10.6 Å². The van der Waals surface area contributed by atoms with Gasteiger partial charge in [-0.05, 0) is 63.1 Å². The third-order valence-electron chi connectivity index (χ3n) is 4.41. The number of nitrogens with one attached hydrogen (secondary N) is 2. The van der Waals surface area contributed by atoms with E-state index in [-0.39, 0.29) is 0 Å². The summed E-state index contributed by atoms with van der Waals surface area (Å²) in [6.45, 7) is 7.46. The maximum Gasteiger partial charge on any atom is 0.437 e. The highest BCUT2D eigenvalue weighted by atomic mass is 32.2. The van der Waals surface area contributed by atoms with Crippen LogP contribution in [0.5, 0.6) is 0 Å². The monoisotopic (exact) mass is 472 g/mol. The molecule has 1 aliphatic heterocycles. The van der Waals surface area contributed by atoms with Gasteiger partial charge in [-0.3, -0.25) is 20.3 Å². The Labute approximate surface area is 195 Å². The number of fused-ring (bicyclic) bond motifs is 2. The van der Waals surface area contributed by atoms with Crippen LogP contribution in [0.15, 0.2) is 66.3 Å². The molecule has 0 radical (unpaired) electrons. The summed E-state index contributed by atoms with van der Waals surface area (Å²) in [6.07, 6.45) is 0.162. The molecule has 0 aliphatic carbocycles. The minimum Gasteiger partial charge on any atom is -0.298 e. The van der Waals surface area contributed by atoms with Crippen molar-refractivity contribution in [3.63, 3.8) is 0 Å². The van der Waals surface area contributed by atoms with Gasteiger partial charge in [0.2, 0.25) is 0 Å². The first-order valence-electron chi connectivity index (χ1n) is 10.0. The number of hydrogen-bond donors (Lipinski definition) is 2. The molecule has 0 spiro atoms. The number of amides is 2. The van der Waals surface area contributed by atoms with Crippen LogP contribution in [0, 0.1) is 0 Å². The fraction of sp³-hybridized carbons (Fsp3) is 0.273. The van der Waals surface area contributed by atoms with E-state index in [9.17, 15) is 9.59 Å². The van der Waals surface area contributed by atoms with Crippen molar-refractivity contribution < 1.29 is 19.3 Å². The standard InChI is InChI=1S/C22H24N4O4S2/c1-5-13(3)25-29-21(27)23-15-7-9-17-19(11-15)31-18-10-8-16(12-20(18)32-17)24-22(28)30-26-14(4)6-2/h7-12H,5-6H2,1-4H3,(H,23,27)(H,24,28)/b25-13-,26-14-. The zero-order valence-corrected chi connectivity index (χ0v) is 19.9. The van der Waals surface area contributed by atoms with E-state index >= 15 is 0 Å². The molecule has 3 rings (SSSR count). The number of benzene rings is 2. The van der Waals surface area contributed by atoms with Crippen LogP contribution in [0.3, 0.4) is 0 Å². The molecule has 1 aliphatic rings. The Morgan fingerprint density at radius 2 is 1.16 bits per heavy atom. The predicted molar refractivity (Wildman–Crippen MR) is 128 cm³/mol. The molecule has 0 saturated heterocycles. The Morgan fingerprint density at radius 3 is 1.53 bits per heavy atom. The lowest BCUT2D eigenvalue weighted by molar-refractivity contribution is 0.165. The number of rotatable bonds is 6. The van der Waals surface area contributed by atoms with Crippen LogP contribution in [0.1, 0.15) is 40.5 Å². The van der Waals surface area contributed by atoms with E-state index in [2.05, 4.69) is 20.9 Å². The van der Waals surface area contributed by atoms with E-state index in [4.69, 9.17) is 9.68 Å². The number of anilines is 2. The average Bonchev–Trinajstić information content (AvgIpc) is 2.79. The predicted octanol–water partition coefficient (Wildman–Crippen LogP) is 6.97. The van der Waals surface area contributed by atoms with Crippen LogP contribution in [-0.4, -0.2) is 23.6 Å². The molecule has 10 heteroatoms. The molecule has 0 saturated carbocycles. The Morgan fingerprint density at radius 1 is 0.750 bits per heavy atom. The zero-order chi connectivity index (χ0) is 23.1. The van der Waals surface area contributed by atoms with Gasteiger partial charge in [-0.1, -0.05) is 47.7 Å².